The molecule has 4 rings (SSSR count). The quantitative estimate of drug-likeness (QED) is 0.452. The predicted molar refractivity (Wildman–Crippen MR) is 125 cm³/mol. The van der Waals surface area contributed by atoms with Crippen LogP contribution < -0.4 is 10.2 Å². The lowest BCUT2D eigenvalue weighted by molar-refractivity contribution is -0.122. The highest BCUT2D eigenvalue weighted by Crippen LogP contribution is 2.29. The highest BCUT2D eigenvalue weighted by Gasteiger charge is 2.37. The lowest BCUT2D eigenvalue weighted by Gasteiger charge is -2.26. The number of carbonyl (C=O) groups excluding carboxylic acids is 3. The van der Waals surface area contributed by atoms with Gasteiger partial charge in [-0.3, -0.25) is 14.9 Å². The molecule has 162 valence electrons. The minimum absolute atomic E-state index is 0.110. The minimum atomic E-state index is -0.791. The second-order valence-corrected chi connectivity index (χ2v) is 8.27. The molecule has 2 heterocycles. The molecule has 4 amide bonds. The topological polar surface area (TPSA) is 71.4 Å². The van der Waals surface area contributed by atoms with Crippen LogP contribution in [0.25, 0.3) is 11.8 Å². The molecule has 0 aliphatic carbocycles. The molecule has 2 aromatic carbocycles. The van der Waals surface area contributed by atoms with E-state index in [1.165, 1.54) is 0 Å². The fraction of sp³-hybridized carbons (Fsp3) is 0.160. The van der Waals surface area contributed by atoms with Crippen LogP contribution >= 0.6 is 11.6 Å². The number of nitrogens with one attached hydrogen (secondary N) is 1. The fourth-order valence-corrected chi connectivity index (χ4v) is 4.20. The van der Waals surface area contributed by atoms with Crippen LogP contribution in [0.2, 0.25) is 5.02 Å². The predicted octanol–water partition coefficient (Wildman–Crippen LogP) is 5.03. The fourth-order valence-electron chi connectivity index (χ4n) is 4.07. The zero-order valence-corrected chi connectivity index (χ0v) is 18.9. The Bertz CT molecular complexity index is 1280. The van der Waals surface area contributed by atoms with Gasteiger partial charge in [0, 0.05) is 16.4 Å². The van der Waals surface area contributed by atoms with Crippen molar-refractivity contribution in [2.45, 2.75) is 27.7 Å². The van der Waals surface area contributed by atoms with Crippen LogP contribution in [0.4, 0.5) is 10.5 Å². The van der Waals surface area contributed by atoms with Gasteiger partial charge in [0.1, 0.15) is 5.57 Å². The van der Waals surface area contributed by atoms with Crippen molar-refractivity contribution in [1.82, 2.24) is 9.88 Å². The van der Waals surface area contributed by atoms with Gasteiger partial charge in [0.25, 0.3) is 11.8 Å². The summed E-state index contributed by atoms with van der Waals surface area (Å²) in [5, 5.41) is 2.73. The first-order valence-electron chi connectivity index (χ1n) is 10.1. The summed E-state index contributed by atoms with van der Waals surface area (Å²) < 4.78 is 2.12. The van der Waals surface area contributed by atoms with Crippen LogP contribution in [0.3, 0.4) is 0 Å². The lowest BCUT2D eigenvalue weighted by atomic mass is 10.1. The molecule has 1 aromatic heterocycles. The van der Waals surface area contributed by atoms with Crippen molar-refractivity contribution in [3.05, 3.63) is 87.2 Å². The Morgan fingerprint density at radius 1 is 0.906 bits per heavy atom. The summed E-state index contributed by atoms with van der Waals surface area (Å²) in [5.41, 5.74) is 6.13. The number of barbiturate groups is 1. The summed E-state index contributed by atoms with van der Waals surface area (Å²) in [7, 11) is 0. The molecule has 7 heteroatoms. The monoisotopic (exact) mass is 447 g/mol. The van der Waals surface area contributed by atoms with Crippen LogP contribution in [-0.2, 0) is 9.59 Å². The standard InChI is InChI=1S/C25H22ClN3O3/c1-14-6-5-7-15(2)22(14)28-16(3)12-18(17(28)4)13-21-23(30)27-25(32)29(24(21)31)20-10-8-19(26)9-11-20/h5-13H,1-4H3,(H,27,30,32). The molecule has 1 fully saturated rings. The second-order valence-electron chi connectivity index (χ2n) is 7.84. The molecular formula is C25H22ClN3O3. The van der Waals surface area contributed by atoms with E-state index in [1.54, 1.807) is 30.3 Å². The third-order valence-electron chi connectivity index (χ3n) is 5.62. The largest absolute Gasteiger partial charge is 0.335 e. The number of benzene rings is 2. The molecule has 32 heavy (non-hydrogen) atoms. The van der Waals surface area contributed by atoms with E-state index in [0.29, 0.717) is 10.7 Å². The van der Waals surface area contributed by atoms with E-state index in [9.17, 15) is 14.4 Å². The Morgan fingerprint density at radius 2 is 1.53 bits per heavy atom. The van der Waals surface area contributed by atoms with Crippen molar-refractivity contribution in [3.63, 3.8) is 0 Å². The number of hydrogen-bond donors (Lipinski definition) is 1. The van der Waals surface area contributed by atoms with Crippen LogP contribution in [0.1, 0.15) is 28.1 Å². The van der Waals surface area contributed by atoms with E-state index >= 15 is 0 Å². The lowest BCUT2D eigenvalue weighted by Crippen LogP contribution is -2.54. The second kappa shape index (κ2) is 8.13. The zero-order chi connectivity index (χ0) is 23.2. The zero-order valence-electron chi connectivity index (χ0n) is 18.2. The van der Waals surface area contributed by atoms with Crippen molar-refractivity contribution >= 4 is 41.2 Å². The number of aromatic nitrogens is 1. The van der Waals surface area contributed by atoms with Crippen molar-refractivity contribution in [1.29, 1.82) is 0 Å². The first kappa shape index (κ1) is 21.6. The number of nitrogens with zero attached hydrogens (tertiary/aromatic N) is 2. The van der Waals surface area contributed by atoms with Gasteiger partial charge >= 0.3 is 6.03 Å². The summed E-state index contributed by atoms with van der Waals surface area (Å²) in [6.07, 6.45) is 1.54. The van der Waals surface area contributed by atoms with Gasteiger partial charge in [-0.1, -0.05) is 29.8 Å². The van der Waals surface area contributed by atoms with Crippen molar-refractivity contribution in [3.8, 4) is 5.69 Å². The third-order valence-corrected chi connectivity index (χ3v) is 5.87. The summed E-state index contributed by atoms with van der Waals surface area (Å²) in [6.45, 7) is 8.02. The minimum Gasteiger partial charge on any atom is -0.317 e. The van der Waals surface area contributed by atoms with Crippen molar-refractivity contribution in [2.75, 3.05) is 4.90 Å². The number of urea groups is 1. The average Bonchev–Trinajstić information content (AvgIpc) is 3.00. The Morgan fingerprint density at radius 3 is 2.16 bits per heavy atom. The maximum Gasteiger partial charge on any atom is 0.335 e. The van der Waals surface area contributed by atoms with Gasteiger partial charge in [-0.2, -0.15) is 0 Å². The maximum atomic E-state index is 13.2. The van der Waals surface area contributed by atoms with Crippen molar-refractivity contribution in [2.24, 2.45) is 0 Å². The number of anilines is 1. The Hall–Kier alpha value is -3.64. The van der Waals surface area contributed by atoms with Crippen LogP contribution in [-0.4, -0.2) is 22.4 Å². The molecule has 0 atom stereocenters. The molecule has 1 N–H and O–H groups in total. The van der Waals surface area contributed by atoms with E-state index in [2.05, 4.69) is 9.88 Å². The molecule has 0 radical (unpaired) electrons. The molecule has 6 nitrogen and oxygen atoms in total. The van der Waals surface area contributed by atoms with E-state index in [1.807, 2.05) is 52.0 Å². The summed E-state index contributed by atoms with van der Waals surface area (Å²) in [5.74, 6) is -1.40. The third kappa shape index (κ3) is 3.63. The molecule has 3 aromatic rings. The van der Waals surface area contributed by atoms with E-state index in [-0.39, 0.29) is 5.57 Å². The van der Waals surface area contributed by atoms with Crippen LogP contribution in [0.15, 0.2) is 54.1 Å². The number of halogens is 1. The SMILES string of the molecule is Cc1cccc(C)c1-n1c(C)cc(C=C2C(=O)NC(=O)N(c3ccc(Cl)cc3)C2=O)c1C. The average molecular weight is 448 g/mol. The number of aryl methyl sites for hydroxylation is 3. The summed E-state index contributed by atoms with van der Waals surface area (Å²) in [4.78, 5) is 39.0. The molecule has 0 unspecified atom stereocenters. The molecule has 1 saturated heterocycles. The van der Waals surface area contributed by atoms with E-state index in [4.69, 9.17) is 11.6 Å². The molecule has 1 aliphatic heterocycles. The van der Waals surface area contributed by atoms with Crippen molar-refractivity contribution < 1.29 is 14.4 Å². The van der Waals surface area contributed by atoms with Gasteiger partial charge in [-0.25, -0.2) is 9.69 Å². The normalized spacial score (nSPS) is 15.5. The number of carbonyl (C=O) groups is 3. The van der Waals surface area contributed by atoms with Crippen LogP contribution in [0.5, 0.6) is 0 Å². The molecule has 1 aliphatic rings. The van der Waals surface area contributed by atoms with Gasteiger partial charge in [0.05, 0.1) is 11.4 Å². The summed E-state index contributed by atoms with van der Waals surface area (Å²) >= 11 is 5.92. The van der Waals surface area contributed by atoms with E-state index < -0.39 is 17.8 Å². The van der Waals surface area contributed by atoms with Crippen LogP contribution in [0, 0.1) is 27.7 Å². The highest BCUT2D eigenvalue weighted by atomic mass is 35.5. The molecule has 0 bridgehead atoms. The van der Waals surface area contributed by atoms with Gasteiger partial charge < -0.3 is 4.57 Å². The van der Waals surface area contributed by atoms with Gasteiger partial charge in [-0.05, 0) is 80.8 Å². The van der Waals surface area contributed by atoms with Gasteiger partial charge in [0.15, 0.2) is 0 Å². The highest BCUT2D eigenvalue weighted by molar-refractivity contribution is 6.39. The maximum absolute atomic E-state index is 13.2. The van der Waals surface area contributed by atoms with E-state index in [0.717, 1.165) is 38.7 Å². The first-order chi connectivity index (χ1) is 15.2. The van der Waals surface area contributed by atoms with Gasteiger partial charge in [0.2, 0.25) is 0 Å². The number of hydrogen-bond acceptors (Lipinski definition) is 3. The first-order valence-corrected chi connectivity index (χ1v) is 10.5. The van der Waals surface area contributed by atoms with Gasteiger partial charge in [-0.15, -0.1) is 0 Å². The number of para-hydroxylation sites is 1. The Labute approximate surface area is 191 Å². The molecule has 0 spiro atoms. The molecular weight excluding hydrogens is 426 g/mol. The summed E-state index contributed by atoms with van der Waals surface area (Å²) in [6, 6.07) is 13.5. The number of imide groups is 2. The molecule has 0 saturated carbocycles. The smallest absolute Gasteiger partial charge is 0.317 e. The Balaban J connectivity index is 1.79. The number of rotatable bonds is 3. The Kier molecular flexibility index (Phi) is 5.48. The number of amides is 4.